The largest absolute Gasteiger partial charge is 0.326 e. The van der Waals surface area contributed by atoms with Crippen LogP contribution in [0.25, 0.3) is 10.8 Å². The Morgan fingerprint density at radius 2 is 2.00 bits per heavy atom. The number of piperidine rings is 1. The molecule has 104 valence electrons. The van der Waals surface area contributed by atoms with Crippen LogP contribution in [0.4, 0.5) is 5.69 Å². The molecule has 20 heavy (non-hydrogen) atoms. The summed E-state index contributed by atoms with van der Waals surface area (Å²) < 4.78 is 0. The third-order valence-corrected chi connectivity index (χ3v) is 3.88. The number of nitrogens with one attached hydrogen (secondary N) is 2. The lowest BCUT2D eigenvalue weighted by atomic mass is 10.0. The third kappa shape index (κ3) is 3.17. The first-order chi connectivity index (χ1) is 9.81. The molecule has 1 heterocycles. The van der Waals surface area contributed by atoms with Gasteiger partial charge >= 0.3 is 0 Å². The third-order valence-electron chi connectivity index (χ3n) is 3.88. The molecule has 1 amide bonds. The fourth-order valence-electron chi connectivity index (χ4n) is 2.80. The van der Waals surface area contributed by atoms with Crippen molar-refractivity contribution in [2.45, 2.75) is 31.7 Å². The Balaban J connectivity index is 1.64. The molecule has 1 saturated heterocycles. The number of rotatable bonds is 3. The van der Waals surface area contributed by atoms with E-state index in [4.69, 9.17) is 0 Å². The molecule has 3 heteroatoms. The van der Waals surface area contributed by atoms with E-state index in [-0.39, 0.29) is 5.91 Å². The monoisotopic (exact) mass is 268 g/mol. The van der Waals surface area contributed by atoms with Crippen LogP contribution in [-0.4, -0.2) is 18.5 Å². The first kappa shape index (κ1) is 13.1. The maximum atomic E-state index is 12.1. The van der Waals surface area contributed by atoms with Gasteiger partial charge in [0, 0.05) is 18.2 Å². The SMILES string of the molecule is O=C(CC1CCCCN1)Nc1ccc2ccccc2c1. The van der Waals surface area contributed by atoms with Crippen molar-refractivity contribution in [2.24, 2.45) is 0 Å². The van der Waals surface area contributed by atoms with Gasteiger partial charge in [0.15, 0.2) is 0 Å². The molecule has 0 saturated carbocycles. The molecule has 0 aromatic heterocycles. The van der Waals surface area contributed by atoms with Gasteiger partial charge in [-0.25, -0.2) is 0 Å². The molecule has 1 aliphatic heterocycles. The number of amides is 1. The lowest BCUT2D eigenvalue weighted by Crippen LogP contribution is -2.36. The average molecular weight is 268 g/mol. The summed E-state index contributed by atoms with van der Waals surface area (Å²) in [5, 5.41) is 8.75. The molecule has 1 aliphatic rings. The highest BCUT2D eigenvalue weighted by atomic mass is 16.1. The van der Waals surface area contributed by atoms with E-state index in [0.29, 0.717) is 12.5 Å². The second kappa shape index (κ2) is 6.06. The summed E-state index contributed by atoms with van der Waals surface area (Å²) in [7, 11) is 0. The summed E-state index contributed by atoms with van der Waals surface area (Å²) >= 11 is 0. The van der Waals surface area contributed by atoms with Crippen molar-refractivity contribution >= 4 is 22.4 Å². The zero-order valence-corrected chi connectivity index (χ0v) is 11.6. The van der Waals surface area contributed by atoms with Crippen LogP contribution in [0.3, 0.4) is 0 Å². The van der Waals surface area contributed by atoms with Crippen LogP contribution in [0, 0.1) is 0 Å². The van der Waals surface area contributed by atoms with Crippen LogP contribution in [-0.2, 0) is 4.79 Å². The van der Waals surface area contributed by atoms with E-state index in [2.05, 4.69) is 22.8 Å². The molecule has 2 aromatic rings. The summed E-state index contributed by atoms with van der Waals surface area (Å²) in [5.41, 5.74) is 0.879. The van der Waals surface area contributed by atoms with Crippen LogP contribution < -0.4 is 10.6 Å². The number of fused-ring (bicyclic) bond motifs is 1. The molecule has 0 spiro atoms. The van der Waals surface area contributed by atoms with Gasteiger partial charge < -0.3 is 10.6 Å². The lowest BCUT2D eigenvalue weighted by molar-refractivity contribution is -0.116. The van der Waals surface area contributed by atoms with Crippen molar-refractivity contribution in [3.8, 4) is 0 Å². The second-order valence-electron chi connectivity index (χ2n) is 5.46. The highest BCUT2D eigenvalue weighted by molar-refractivity contribution is 5.94. The van der Waals surface area contributed by atoms with Gasteiger partial charge in [0.05, 0.1) is 0 Å². The van der Waals surface area contributed by atoms with Gasteiger partial charge in [-0.3, -0.25) is 4.79 Å². The Morgan fingerprint density at radius 3 is 2.80 bits per heavy atom. The lowest BCUT2D eigenvalue weighted by Gasteiger charge is -2.22. The minimum absolute atomic E-state index is 0.0969. The number of carbonyl (C=O) groups excluding carboxylic acids is 1. The van der Waals surface area contributed by atoms with Crippen molar-refractivity contribution in [3.63, 3.8) is 0 Å². The van der Waals surface area contributed by atoms with Crippen LogP contribution in [0.2, 0.25) is 0 Å². The van der Waals surface area contributed by atoms with E-state index < -0.39 is 0 Å². The highest BCUT2D eigenvalue weighted by Crippen LogP contribution is 2.19. The topological polar surface area (TPSA) is 41.1 Å². The molecule has 2 N–H and O–H groups in total. The minimum atomic E-state index is 0.0969. The first-order valence-corrected chi connectivity index (χ1v) is 7.33. The van der Waals surface area contributed by atoms with Gasteiger partial charge in [0.25, 0.3) is 0 Å². The Morgan fingerprint density at radius 1 is 1.15 bits per heavy atom. The number of hydrogen-bond donors (Lipinski definition) is 2. The van der Waals surface area contributed by atoms with Gasteiger partial charge in [-0.15, -0.1) is 0 Å². The van der Waals surface area contributed by atoms with E-state index in [9.17, 15) is 4.79 Å². The van der Waals surface area contributed by atoms with Crippen LogP contribution in [0.1, 0.15) is 25.7 Å². The molecule has 0 bridgehead atoms. The molecular weight excluding hydrogens is 248 g/mol. The van der Waals surface area contributed by atoms with Crippen LogP contribution in [0.5, 0.6) is 0 Å². The number of anilines is 1. The fourth-order valence-corrected chi connectivity index (χ4v) is 2.80. The normalized spacial score (nSPS) is 18.9. The van der Waals surface area contributed by atoms with Crippen molar-refractivity contribution in [3.05, 3.63) is 42.5 Å². The maximum Gasteiger partial charge on any atom is 0.225 e. The van der Waals surface area contributed by atoms with Gasteiger partial charge in [0.1, 0.15) is 0 Å². The summed E-state index contributed by atoms with van der Waals surface area (Å²) in [6.45, 7) is 1.04. The number of carbonyl (C=O) groups is 1. The van der Waals surface area contributed by atoms with E-state index in [1.54, 1.807) is 0 Å². The molecule has 3 rings (SSSR count). The molecule has 1 atom stereocenters. The molecule has 0 aliphatic carbocycles. The molecule has 3 nitrogen and oxygen atoms in total. The quantitative estimate of drug-likeness (QED) is 0.896. The Labute approximate surface area is 119 Å². The smallest absolute Gasteiger partial charge is 0.225 e. The van der Waals surface area contributed by atoms with Gasteiger partial charge in [-0.2, -0.15) is 0 Å². The van der Waals surface area contributed by atoms with Crippen LogP contribution >= 0.6 is 0 Å². The minimum Gasteiger partial charge on any atom is -0.326 e. The summed E-state index contributed by atoms with van der Waals surface area (Å²) in [4.78, 5) is 12.1. The maximum absolute atomic E-state index is 12.1. The summed E-state index contributed by atoms with van der Waals surface area (Å²) in [6.07, 6.45) is 4.11. The Bertz CT molecular complexity index is 603. The summed E-state index contributed by atoms with van der Waals surface area (Å²) in [5.74, 6) is 0.0969. The van der Waals surface area contributed by atoms with E-state index >= 15 is 0 Å². The molecular formula is C17H20N2O. The van der Waals surface area contributed by atoms with E-state index in [1.165, 1.54) is 18.2 Å². The van der Waals surface area contributed by atoms with E-state index in [0.717, 1.165) is 24.0 Å². The molecule has 1 fully saturated rings. The summed E-state index contributed by atoms with van der Waals surface area (Å²) in [6, 6.07) is 14.6. The van der Waals surface area contributed by atoms with Gasteiger partial charge in [0.2, 0.25) is 5.91 Å². The highest BCUT2D eigenvalue weighted by Gasteiger charge is 2.16. The van der Waals surface area contributed by atoms with Gasteiger partial charge in [-0.1, -0.05) is 36.8 Å². The van der Waals surface area contributed by atoms with Crippen molar-refractivity contribution in [1.29, 1.82) is 0 Å². The predicted octanol–water partition coefficient (Wildman–Crippen LogP) is 3.31. The zero-order chi connectivity index (χ0) is 13.8. The Hall–Kier alpha value is -1.87. The zero-order valence-electron chi connectivity index (χ0n) is 11.6. The standard InChI is InChI=1S/C17H20N2O/c20-17(12-15-7-3-4-10-18-15)19-16-9-8-13-5-1-2-6-14(13)11-16/h1-2,5-6,8-9,11,15,18H,3-4,7,10,12H2,(H,19,20). The second-order valence-corrected chi connectivity index (χ2v) is 5.46. The van der Waals surface area contributed by atoms with Crippen LogP contribution in [0.15, 0.2) is 42.5 Å². The van der Waals surface area contributed by atoms with Crippen molar-refractivity contribution < 1.29 is 4.79 Å². The molecule has 2 aromatic carbocycles. The number of benzene rings is 2. The Kier molecular flexibility index (Phi) is 3.97. The molecule has 1 unspecified atom stereocenters. The fraction of sp³-hybridized carbons (Fsp3) is 0.353. The predicted molar refractivity (Wildman–Crippen MR) is 82.8 cm³/mol. The van der Waals surface area contributed by atoms with Gasteiger partial charge in [-0.05, 0) is 42.3 Å². The first-order valence-electron chi connectivity index (χ1n) is 7.33. The molecule has 0 radical (unpaired) electrons. The number of hydrogen-bond acceptors (Lipinski definition) is 2. The average Bonchev–Trinajstić information content (AvgIpc) is 2.48. The van der Waals surface area contributed by atoms with Crippen molar-refractivity contribution in [2.75, 3.05) is 11.9 Å². The van der Waals surface area contributed by atoms with E-state index in [1.807, 2.05) is 30.3 Å². The van der Waals surface area contributed by atoms with Crippen molar-refractivity contribution in [1.82, 2.24) is 5.32 Å².